The van der Waals surface area contributed by atoms with Crippen LogP contribution in [0.15, 0.2) is 0 Å². The smallest absolute Gasteiger partial charge is 0.335 e. The molecule has 16 heavy (non-hydrogen) atoms. The molecule has 0 saturated carbocycles. The summed E-state index contributed by atoms with van der Waals surface area (Å²) in [5, 5.41) is 53.2. The first kappa shape index (κ1) is 15.2. The van der Waals surface area contributed by atoms with E-state index in [0.29, 0.717) is 0 Å². The van der Waals surface area contributed by atoms with Gasteiger partial charge in [-0.3, -0.25) is 0 Å². The van der Waals surface area contributed by atoms with Crippen LogP contribution in [0.25, 0.3) is 0 Å². The van der Waals surface area contributed by atoms with Crippen LogP contribution in [-0.4, -0.2) is 80.8 Å². The minimum absolute atomic E-state index is 0.315. The van der Waals surface area contributed by atoms with Gasteiger partial charge in [-0.25, -0.2) is 4.79 Å². The minimum Gasteiger partial charge on any atom is -0.479 e. The van der Waals surface area contributed by atoms with Crippen molar-refractivity contribution < 1.29 is 40.2 Å². The highest BCUT2D eigenvalue weighted by molar-refractivity contribution is 5.72. The van der Waals surface area contributed by atoms with Crippen LogP contribution in [0.4, 0.5) is 0 Å². The number of carboxylic acid groups (broad SMARTS) is 1. The summed E-state index contributed by atoms with van der Waals surface area (Å²) in [7, 11) is 0. The summed E-state index contributed by atoms with van der Waals surface area (Å²) < 4.78 is 4.70. The summed E-state index contributed by atoms with van der Waals surface area (Å²) in [5.74, 6) is -1.65. The van der Waals surface area contributed by atoms with Gasteiger partial charge in [0.1, 0.15) is 18.3 Å². The molecule has 0 aromatic carbocycles. The molecule has 6 N–H and O–H groups in total. The number of ether oxygens (including phenoxy) is 1. The summed E-state index contributed by atoms with van der Waals surface area (Å²) in [4.78, 5) is 10.5. The zero-order valence-electron chi connectivity index (χ0n) is 8.43. The quantitative estimate of drug-likeness (QED) is 0.256. The SMILES string of the molecule is O=C(O)C(O)C(OCCO)C(O)C(O)CO. The van der Waals surface area contributed by atoms with Gasteiger partial charge in [0.05, 0.1) is 19.8 Å². The van der Waals surface area contributed by atoms with Crippen molar-refractivity contribution in [2.45, 2.75) is 24.4 Å². The summed E-state index contributed by atoms with van der Waals surface area (Å²) >= 11 is 0. The Bertz CT molecular complexity index is 208. The van der Waals surface area contributed by atoms with Crippen molar-refractivity contribution in [2.75, 3.05) is 19.8 Å². The maximum atomic E-state index is 10.5. The standard InChI is InChI=1S/C8H16O8/c9-1-2-16-7(6(13)8(14)15)5(12)4(11)3-10/h4-7,9-13H,1-3H2,(H,14,15). The third kappa shape index (κ3) is 4.39. The van der Waals surface area contributed by atoms with Crippen LogP contribution in [0.2, 0.25) is 0 Å². The number of hydrogen-bond donors (Lipinski definition) is 6. The van der Waals surface area contributed by atoms with E-state index in [1.165, 1.54) is 0 Å². The molecule has 96 valence electrons. The Labute approximate surface area is 91.3 Å². The average molecular weight is 240 g/mol. The van der Waals surface area contributed by atoms with Crippen molar-refractivity contribution in [1.82, 2.24) is 0 Å². The van der Waals surface area contributed by atoms with Crippen LogP contribution in [-0.2, 0) is 9.53 Å². The molecule has 4 unspecified atom stereocenters. The first-order valence-electron chi connectivity index (χ1n) is 4.56. The number of aliphatic hydroxyl groups excluding tert-OH is 5. The Morgan fingerprint density at radius 2 is 1.75 bits per heavy atom. The van der Waals surface area contributed by atoms with Gasteiger partial charge in [0.15, 0.2) is 6.10 Å². The summed E-state index contributed by atoms with van der Waals surface area (Å²) in [5.41, 5.74) is 0. The lowest BCUT2D eigenvalue weighted by Crippen LogP contribution is -2.50. The highest BCUT2D eigenvalue weighted by Crippen LogP contribution is 2.10. The van der Waals surface area contributed by atoms with E-state index in [-0.39, 0.29) is 6.61 Å². The van der Waals surface area contributed by atoms with Gasteiger partial charge in [0.25, 0.3) is 0 Å². The minimum atomic E-state index is -2.07. The molecule has 0 bridgehead atoms. The molecule has 8 nitrogen and oxygen atoms in total. The molecule has 0 aromatic heterocycles. The van der Waals surface area contributed by atoms with E-state index in [2.05, 4.69) is 0 Å². The molecule has 0 aliphatic carbocycles. The Morgan fingerprint density at radius 1 is 1.19 bits per heavy atom. The summed E-state index contributed by atoms with van der Waals surface area (Å²) in [6, 6.07) is 0. The summed E-state index contributed by atoms with van der Waals surface area (Å²) in [6.07, 6.45) is -7.12. The number of rotatable bonds is 8. The highest BCUT2D eigenvalue weighted by Gasteiger charge is 2.36. The number of carboxylic acids is 1. The van der Waals surface area contributed by atoms with Crippen LogP contribution in [0.3, 0.4) is 0 Å². The Hall–Kier alpha value is -0.770. The normalized spacial score (nSPS) is 18.8. The topological polar surface area (TPSA) is 148 Å². The molecule has 0 aliphatic heterocycles. The maximum absolute atomic E-state index is 10.5. The molecule has 0 saturated heterocycles. The van der Waals surface area contributed by atoms with E-state index in [9.17, 15) is 9.90 Å². The molecule has 0 rings (SSSR count). The van der Waals surface area contributed by atoms with Gasteiger partial charge in [-0.15, -0.1) is 0 Å². The van der Waals surface area contributed by atoms with Crippen molar-refractivity contribution in [2.24, 2.45) is 0 Å². The lowest BCUT2D eigenvalue weighted by atomic mass is 10.0. The zero-order valence-corrected chi connectivity index (χ0v) is 8.43. The van der Waals surface area contributed by atoms with E-state index >= 15 is 0 Å². The fraction of sp³-hybridized carbons (Fsp3) is 0.875. The molecule has 8 heteroatoms. The van der Waals surface area contributed by atoms with Crippen molar-refractivity contribution in [3.8, 4) is 0 Å². The van der Waals surface area contributed by atoms with E-state index in [4.69, 9.17) is 30.3 Å². The fourth-order valence-corrected chi connectivity index (χ4v) is 1.03. The maximum Gasteiger partial charge on any atom is 0.335 e. The monoisotopic (exact) mass is 240 g/mol. The second kappa shape index (κ2) is 7.49. The Kier molecular flexibility index (Phi) is 7.13. The van der Waals surface area contributed by atoms with Gasteiger partial charge in [-0.05, 0) is 0 Å². The van der Waals surface area contributed by atoms with E-state index < -0.39 is 43.6 Å². The van der Waals surface area contributed by atoms with Gasteiger partial charge in [0, 0.05) is 0 Å². The molecule has 0 fully saturated rings. The molecular weight excluding hydrogens is 224 g/mol. The fourth-order valence-electron chi connectivity index (χ4n) is 1.03. The predicted molar refractivity (Wildman–Crippen MR) is 49.6 cm³/mol. The van der Waals surface area contributed by atoms with Gasteiger partial charge in [0.2, 0.25) is 0 Å². The summed E-state index contributed by atoms with van der Waals surface area (Å²) in [6.45, 7) is -1.57. The molecule has 0 aliphatic rings. The van der Waals surface area contributed by atoms with Gasteiger partial charge >= 0.3 is 5.97 Å². The van der Waals surface area contributed by atoms with Crippen molar-refractivity contribution in [1.29, 1.82) is 0 Å². The molecule has 0 heterocycles. The number of hydrogen-bond acceptors (Lipinski definition) is 7. The largest absolute Gasteiger partial charge is 0.479 e. The van der Waals surface area contributed by atoms with Gasteiger partial charge in [-0.1, -0.05) is 0 Å². The van der Waals surface area contributed by atoms with E-state index in [1.54, 1.807) is 0 Å². The molecule has 4 atom stereocenters. The lowest BCUT2D eigenvalue weighted by molar-refractivity contribution is -0.174. The third-order valence-corrected chi connectivity index (χ3v) is 1.88. The van der Waals surface area contributed by atoms with Crippen molar-refractivity contribution in [3.63, 3.8) is 0 Å². The predicted octanol–water partition coefficient (Wildman–Crippen LogP) is -3.48. The van der Waals surface area contributed by atoms with Crippen molar-refractivity contribution >= 4 is 5.97 Å². The van der Waals surface area contributed by atoms with Crippen LogP contribution >= 0.6 is 0 Å². The number of carbonyl (C=O) groups is 1. The second-order valence-corrected chi connectivity index (χ2v) is 3.08. The van der Waals surface area contributed by atoms with Crippen LogP contribution in [0.5, 0.6) is 0 Å². The van der Waals surface area contributed by atoms with Crippen LogP contribution in [0.1, 0.15) is 0 Å². The highest BCUT2D eigenvalue weighted by atomic mass is 16.5. The average Bonchev–Trinajstić information content (AvgIpc) is 2.27. The van der Waals surface area contributed by atoms with Crippen molar-refractivity contribution in [3.05, 3.63) is 0 Å². The lowest BCUT2D eigenvalue weighted by Gasteiger charge is -2.27. The molecule has 0 spiro atoms. The van der Waals surface area contributed by atoms with Gasteiger partial charge in [-0.2, -0.15) is 0 Å². The zero-order chi connectivity index (χ0) is 12.7. The van der Waals surface area contributed by atoms with Crippen LogP contribution in [0, 0.1) is 0 Å². The number of aliphatic carboxylic acids is 1. The van der Waals surface area contributed by atoms with E-state index in [1.807, 2.05) is 0 Å². The van der Waals surface area contributed by atoms with E-state index in [0.717, 1.165) is 0 Å². The molecule has 0 aromatic rings. The second-order valence-electron chi connectivity index (χ2n) is 3.08. The first-order valence-corrected chi connectivity index (χ1v) is 4.56. The third-order valence-electron chi connectivity index (χ3n) is 1.88. The first-order chi connectivity index (χ1) is 7.45. The Morgan fingerprint density at radius 3 is 2.12 bits per heavy atom. The molecule has 0 radical (unpaired) electrons. The Balaban J connectivity index is 4.57. The van der Waals surface area contributed by atoms with Crippen LogP contribution < -0.4 is 0 Å². The molecule has 0 amide bonds. The number of aliphatic hydroxyl groups is 5. The molecular formula is C8H16O8. The van der Waals surface area contributed by atoms with Gasteiger partial charge < -0.3 is 35.4 Å².